The topological polar surface area (TPSA) is 17.1 Å². The second kappa shape index (κ2) is 6.26. The van der Waals surface area contributed by atoms with E-state index in [-0.39, 0.29) is 0 Å². The largest absolute Gasteiger partial charge is 0.298 e. The molecule has 1 heteroatoms. The molecule has 0 aliphatic rings. The first-order chi connectivity index (χ1) is 7.63. The minimum absolute atomic E-state index is 0.552. The number of aldehydes is 1. The Bertz CT molecular complexity index is 356. The zero-order valence-electron chi connectivity index (χ0n) is 10.4. The first kappa shape index (κ1) is 12.7. The molecule has 0 spiro atoms. The van der Waals surface area contributed by atoms with Crippen LogP contribution in [0, 0.1) is 0 Å². The molecule has 0 heterocycles. The first-order valence-electron chi connectivity index (χ1n) is 5.82. The van der Waals surface area contributed by atoms with Crippen LogP contribution in [-0.4, -0.2) is 6.29 Å². The molecule has 0 aliphatic heterocycles. The maximum Gasteiger partial charge on any atom is 0.150 e. The van der Waals surface area contributed by atoms with E-state index in [1.165, 1.54) is 11.1 Å². The third kappa shape index (κ3) is 4.01. The van der Waals surface area contributed by atoms with E-state index >= 15 is 0 Å². The van der Waals surface area contributed by atoms with Gasteiger partial charge in [0.2, 0.25) is 0 Å². The van der Waals surface area contributed by atoms with Crippen LogP contribution in [0.2, 0.25) is 0 Å². The second-order valence-electron chi connectivity index (χ2n) is 4.54. The Labute approximate surface area is 98.2 Å². The van der Waals surface area contributed by atoms with Gasteiger partial charge in [0, 0.05) is 5.56 Å². The summed E-state index contributed by atoms with van der Waals surface area (Å²) in [4.78, 5) is 10.5. The maximum absolute atomic E-state index is 10.5. The summed E-state index contributed by atoms with van der Waals surface area (Å²) in [6.07, 6.45) is 5.44. The van der Waals surface area contributed by atoms with Gasteiger partial charge in [0.15, 0.2) is 0 Å². The normalized spacial score (nSPS) is 11.9. The predicted molar refractivity (Wildman–Crippen MR) is 68.9 cm³/mol. The van der Waals surface area contributed by atoms with E-state index in [2.05, 4.69) is 39.0 Å². The summed E-state index contributed by atoms with van der Waals surface area (Å²) < 4.78 is 0. The van der Waals surface area contributed by atoms with Crippen molar-refractivity contribution in [1.82, 2.24) is 0 Å². The molecule has 16 heavy (non-hydrogen) atoms. The molecule has 1 unspecified atom stereocenters. The lowest BCUT2D eigenvalue weighted by atomic mass is 9.95. The number of allylic oxidation sites excluding steroid dienone is 2. The Morgan fingerprint density at radius 3 is 2.38 bits per heavy atom. The summed E-state index contributed by atoms with van der Waals surface area (Å²) in [6, 6.07) is 7.88. The highest BCUT2D eigenvalue weighted by molar-refractivity contribution is 5.74. The number of carbonyl (C=O) groups is 1. The van der Waals surface area contributed by atoms with Crippen LogP contribution in [0.3, 0.4) is 0 Å². The van der Waals surface area contributed by atoms with E-state index in [4.69, 9.17) is 0 Å². The van der Waals surface area contributed by atoms with Crippen molar-refractivity contribution >= 4 is 6.29 Å². The first-order valence-corrected chi connectivity index (χ1v) is 5.82. The Hall–Kier alpha value is -1.37. The van der Waals surface area contributed by atoms with Gasteiger partial charge in [-0.2, -0.15) is 0 Å². The molecule has 1 aromatic carbocycles. The minimum atomic E-state index is 0.552. The van der Waals surface area contributed by atoms with Gasteiger partial charge in [-0.3, -0.25) is 4.79 Å². The molecule has 0 saturated carbocycles. The van der Waals surface area contributed by atoms with Crippen LogP contribution in [0.25, 0.3) is 0 Å². The molecular formula is C15H20O. The van der Waals surface area contributed by atoms with Crippen molar-refractivity contribution in [3.63, 3.8) is 0 Å². The molecular weight excluding hydrogens is 196 g/mol. The fraction of sp³-hybridized carbons (Fsp3) is 0.400. The van der Waals surface area contributed by atoms with E-state index in [9.17, 15) is 4.79 Å². The van der Waals surface area contributed by atoms with Crippen molar-refractivity contribution in [2.24, 2.45) is 0 Å². The molecule has 1 rings (SSSR count). The van der Waals surface area contributed by atoms with Crippen molar-refractivity contribution in [2.45, 2.75) is 39.5 Å². The third-order valence-electron chi connectivity index (χ3n) is 2.79. The Morgan fingerprint density at radius 1 is 1.25 bits per heavy atom. The van der Waals surface area contributed by atoms with Gasteiger partial charge in [-0.25, -0.2) is 0 Å². The van der Waals surface area contributed by atoms with Gasteiger partial charge in [-0.15, -0.1) is 0 Å². The average Bonchev–Trinajstić information content (AvgIpc) is 2.28. The molecule has 0 bridgehead atoms. The molecule has 0 N–H and O–H groups in total. The maximum atomic E-state index is 10.5. The lowest BCUT2D eigenvalue weighted by molar-refractivity contribution is 0.112. The fourth-order valence-corrected chi connectivity index (χ4v) is 1.69. The number of benzene rings is 1. The lowest BCUT2D eigenvalue weighted by Gasteiger charge is -2.10. The van der Waals surface area contributed by atoms with E-state index in [1.807, 2.05) is 12.1 Å². The van der Waals surface area contributed by atoms with Crippen molar-refractivity contribution in [2.75, 3.05) is 0 Å². The van der Waals surface area contributed by atoms with E-state index in [0.717, 1.165) is 24.7 Å². The van der Waals surface area contributed by atoms with Gasteiger partial charge >= 0.3 is 0 Å². The standard InChI is InChI=1S/C15H20O/c1-12(2)5-4-6-13(3)15-9-7-14(11-16)8-10-15/h5,7-11,13H,4,6H2,1-3H3. The van der Waals surface area contributed by atoms with Crippen LogP contribution >= 0.6 is 0 Å². The van der Waals surface area contributed by atoms with E-state index in [0.29, 0.717) is 5.92 Å². The molecule has 0 aliphatic carbocycles. The van der Waals surface area contributed by atoms with E-state index < -0.39 is 0 Å². The predicted octanol–water partition coefficient (Wildman–Crippen LogP) is 4.35. The number of carbonyl (C=O) groups excluding carboxylic acids is 1. The van der Waals surface area contributed by atoms with E-state index in [1.54, 1.807) is 0 Å². The summed E-state index contributed by atoms with van der Waals surface area (Å²) in [5, 5.41) is 0. The third-order valence-corrected chi connectivity index (χ3v) is 2.79. The fourth-order valence-electron chi connectivity index (χ4n) is 1.69. The van der Waals surface area contributed by atoms with Gasteiger partial charge in [-0.1, -0.05) is 42.8 Å². The Morgan fingerprint density at radius 2 is 1.88 bits per heavy atom. The minimum Gasteiger partial charge on any atom is -0.298 e. The molecule has 86 valence electrons. The molecule has 1 aromatic rings. The van der Waals surface area contributed by atoms with Crippen molar-refractivity contribution in [3.8, 4) is 0 Å². The summed E-state index contributed by atoms with van der Waals surface area (Å²) >= 11 is 0. The summed E-state index contributed by atoms with van der Waals surface area (Å²) in [5.41, 5.74) is 3.44. The van der Waals surface area contributed by atoms with Gasteiger partial charge in [0.1, 0.15) is 6.29 Å². The number of hydrogen-bond acceptors (Lipinski definition) is 1. The molecule has 0 aromatic heterocycles. The van der Waals surface area contributed by atoms with Crippen molar-refractivity contribution in [3.05, 3.63) is 47.0 Å². The van der Waals surface area contributed by atoms with Gasteiger partial charge in [0.25, 0.3) is 0 Å². The highest BCUT2D eigenvalue weighted by Crippen LogP contribution is 2.21. The second-order valence-corrected chi connectivity index (χ2v) is 4.54. The van der Waals surface area contributed by atoms with Crippen LogP contribution < -0.4 is 0 Å². The van der Waals surface area contributed by atoms with Crippen molar-refractivity contribution < 1.29 is 4.79 Å². The number of rotatable bonds is 5. The Balaban J connectivity index is 2.55. The zero-order chi connectivity index (χ0) is 12.0. The average molecular weight is 216 g/mol. The lowest BCUT2D eigenvalue weighted by Crippen LogP contribution is -1.93. The molecule has 0 saturated heterocycles. The summed E-state index contributed by atoms with van der Waals surface area (Å²) in [7, 11) is 0. The molecule has 1 nitrogen and oxygen atoms in total. The molecule has 0 amide bonds. The van der Waals surface area contributed by atoms with Crippen LogP contribution in [0.1, 0.15) is 55.5 Å². The molecule has 1 atom stereocenters. The smallest absolute Gasteiger partial charge is 0.150 e. The Kier molecular flexibility index (Phi) is 4.97. The van der Waals surface area contributed by atoms with Gasteiger partial charge in [-0.05, 0) is 38.2 Å². The quantitative estimate of drug-likeness (QED) is 0.528. The van der Waals surface area contributed by atoms with Crippen molar-refractivity contribution in [1.29, 1.82) is 0 Å². The summed E-state index contributed by atoms with van der Waals surface area (Å²) in [5.74, 6) is 0.552. The van der Waals surface area contributed by atoms with Crippen LogP contribution in [0.5, 0.6) is 0 Å². The van der Waals surface area contributed by atoms with Crippen LogP contribution in [0.4, 0.5) is 0 Å². The monoisotopic (exact) mass is 216 g/mol. The zero-order valence-corrected chi connectivity index (χ0v) is 10.4. The van der Waals surface area contributed by atoms with Crippen LogP contribution in [0.15, 0.2) is 35.9 Å². The van der Waals surface area contributed by atoms with Crippen LogP contribution in [-0.2, 0) is 0 Å². The van der Waals surface area contributed by atoms with Gasteiger partial charge in [0.05, 0.1) is 0 Å². The van der Waals surface area contributed by atoms with Gasteiger partial charge < -0.3 is 0 Å². The highest BCUT2D eigenvalue weighted by atomic mass is 16.1. The SMILES string of the molecule is CC(C)=CCCC(C)c1ccc(C=O)cc1. The molecule has 0 fully saturated rings. The highest BCUT2D eigenvalue weighted by Gasteiger charge is 2.04. The molecule has 0 radical (unpaired) electrons. The number of hydrogen-bond donors (Lipinski definition) is 0. The summed E-state index contributed by atoms with van der Waals surface area (Å²) in [6.45, 7) is 6.49.